The van der Waals surface area contributed by atoms with Gasteiger partial charge in [0.25, 0.3) is 0 Å². The van der Waals surface area contributed by atoms with Crippen molar-refractivity contribution in [1.82, 2.24) is 10.3 Å². The highest BCUT2D eigenvalue weighted by atomic mass is 19.4. The Morgan fingerprint density at radius 1 is 1.39 bits per heavy atom. The molecule has 3 nitrogen and oxygen atoms in total. The molecule has 1 aliphatic heterocycles. The van der Waals surface area contributed by atoms with Gasteiger partial charge in [-0.25, -0.2) is 0 Å². The monoisotopic (exact) mass is 260 g/mol. The van der Waals surface area contributed by atoms with Gasteiger partial charge in [-0.05, 0) is 31.0 Å². The highest BCUT2D eigenvalue weighted by Gasteiger charge is 2.33. The summed E-state index contributed by atoms with van der Waals surface area (Å²) in [5.74, 6) is 0. The summed E-state index contributed by atoms with van der Waals surface area (Å²) in [6, 6.07) is 2.33. The molecule has 2 N–H and O–H groups in total. The van der Waals surface area contributed by atoms with E-state index >= 15 is 0 Å². The fourth-order valence-corrected chi connectivity index (χ4v) is 2.18. The molecule has 0 amide bonds. The maximum atomic E-state index is 12.3. The molecule has 0 aromatic carbocycles. The van der Waals surface area contributed by atoms with Crippen molar-refractivity contribution in [2.75, 3.05) is 13.1 Å². The number of piperidine rings is 1. The molecule has 0 aliphatic carbocycles. The molecular weight excluding hydrogens is 245 g/mol. The number of hydrogen-bond donors (Lipinski definition) is 2. The van der Waals surface area contributed by atoms with Crippen LogP contribution >= 0.6 is 0 Å². The van der Waals surface area contributed by atoms with E-state index in [9.17, 15) is 18.3 Å². The number of nitrogens with one attached hydrogen (secondary N) is 1. The Morgan fingerprint density at radius 2 is 2.17 bits per heavy atom. The number of hydrogen-bond acceptors (Lipinski definition) is 3. The van der Waals surface area contributed by atoms with E-state index in [1.165, 1.54) is 12.3 Å². The van der Waals surface area contributed by atoms with Crippen molar-refractivity contribution in [3.63, 3.8) is 0 Å². The lowest BCUT2D eigenvalue weighted by molar-refractivity contribution is -0.141. The smallest absolute Gasteiger partial charge is 0.388 e. The molecule has 1 fully saturated rings. The molecule has 2 rings (SSSR count). The molecule has 0 radical (unpaired) electrons. The van der Waals surface area contributed by atoms with E-state index in [-0.39, 0.29) is 0 Å². The quantitative estimate of drug-likeness (QED) is 0.851. The van der Waals surface area contributed by atoms with Crippen LogP contribution in [0.2, 0.25) is 0 Å². The van der Waals surface area contributed by atoms with Crippen molar-refractivity contribution in [2.24, 2.45) is 0 Å². The first kappa shape index (κ1) is 13.3. The van der Waals surface area contributed by atoms with E-state index in [4.69, 9.17) is 0 Å². The molecular formula is C12H15F3N2O. The molecule has 1 aromatic rings. The van der Waals surface area contributed by atoms with E-state index in [1.54, 1.807) is 0 Å². The molecule has 6 heteroatoms. The lowest BCUT2D eigenvalue weighted by Crippen LogP contribution is -2.47. The Bertz CT molecular complexity index is 397. The first-order chi connectivity index (χ1) is 8.39. The fraction of sp³-hybridized carbons (Fsp3) is 0.583. The van der Waals surface area contributed by atoms with Crippen molar-refractivity contribution < 1.29 is 18.3 Å². The van der Waals surface area contributed by atoms with Crippen LogP contribution < -0.4 is 5.32 Å². The van der Waals surface area contributed by atoms with E-state index < -0.39 is 17.5 Å². The molecule has 1 aliphatic rings. The van der Waals surface area contributed by atoms with Gasteiger partial charge in [0.2, 0.25) is 0 Å². The van der Waals surface area contributed by atoms with Crippen molar-refractivity contribution in [3.8, 4) is 0 Å². The molecule has 0 spiro atoms. The molecule has 0 bridgehead atoms. The highest BCUT2D eigenvalue weighted by Crippen LogP contribution is 2.28. The van der Waals surface area contributed by atoms with Crippen molar-refractivity contribution >= 4 is 0 Å². The van der Waals surface area contributed by atoms with Crippen LogP contribution in [-0.4, -0.2) is 28.8 Å². The van der Waals surface area contributed by atoms with Crippen LogP contribution in [0.3, 0.4) is 0 Å². The fourth-order valence-electron chi connectivity index (χ4n) is 2.18. The molecule has 1 saturated heterocycles. The second kappa shape index (κ2) is 4.85. The molecule has 0 saturated carbocycles. The summed E-state index contributed by atoms with van der Waals surface area (Å²) in [5.41, 5.74) is -1.16. The number of alkyl halides is 3. The Morgan fingerprint density at radius 3 is 2.67 bits per heavy atom. The number of halogens is 3. The van der Waals surface area contributed by atoms with Gasteiger partial charge < -0.3 is 10.4 Å². The van der Waals surface area contributed by atoms with Crippen molar-refractivity contribution in [3.05, 3.63) is 29.6 Å². The Kier molecular flexibility index (Phi) is 3.59. The lowest BCUT2D eigenvalue weighted by atomic mass is 9.88. The number of nitrogens with zero attached hydrogens (tertiary/aromatic N) is 1. The van der Waals surface area contributed by atoms with Crippen LogP contribution in [0.4, 0.5) is 13.2 Å². The van der Waals surface area contributed by atoms with Crippen LogP contribution in [0, 0.1) is 0 Å². The number of aliphatic hydroxyl groups is 1. The van der Waals surface area contributed by atoms with E-state index in [0.717, 1.165) is 19.0 Å². The van der Waals surface area contributed by atoms with Gasteiger partial charge in [0.05, 0.1) is 5.60 Å². The zero-order valence-corrected chi connectivity index (χ0v) is 9.80. The third kappa shape index (κ3) is 3.20. The third-order valence-corrected chi connectivity index (χ3v) is 3.10. The predicted molar refractivity (Wildman–Crippen MR) is 60.0 cm³/mol. The van der Waals surface area contributed by atoms with Crippen molar-refractivity contribution in [1.29, 1.82) is 0 Å². The van der Waals surface area contributed by atoms with Gasteiger partial charge in [-0.2, -0.15) is 13.2 Å². The predicted octanol–water partition coefficient (Wildman–Crippen LogP) is 1.76. The maximum absolute atomic E-state index is 12.3. The SMILES string of the molecule is OC1(Cc2ccc(C(F)(F)F)nc2)CCCNC1. The van der Waals surface area contributed by atoms with Gasteiger partial charge in [0.1, 0.15) is 5.69 Å². The number of β-amino-alcohol motifs (C(OH)–C–C–N with tert-alkyl or cyclic N) is 1. The number of rotatable bonds is 2. The van der Waals surface area contributed by atoms with Crippen LogP contribution in [0.1, 0.15) is 24.1 Å². The Labute approximate surface area is 103 Å². The molecule has 18 heavy (non-hydrogen) atoms. The lowest BCUT2D eigenvalue weighted by Gasteiger charge is -2.32. The molecule has 1 atom stereocenters. The molecule has 1 unspecified atom stereocenters. The average Bonchev–Trinajstić information content (AvgIpc) is 2.29. The minimum absolute atomic E-state index is 0.325. The van der Waals surface area contributed by atoms with Gasteiger partial charge in [0.15, 0.2) is 0 Å². The second-order valence-corrected chi connectivity index (χ2v) is 4.73. The number of aromatic nitrogens is 1. The normalized spacial score (nSPS) is 25.1. The van der Waals surface area contributed by atoms with Gasteiger partial charge >= 0.3 is 6.18 Å². The zero-order chi connectivity index (χ0) is 13.2. The first-order valence-corrected chi connectivity index (χ1v) is 5.84. The summed E-state index contributed by atoms with van der Waals surface area (Å²) in [4.78, 5) is 3.39. The first-order valence-electron chi connectivity index (χ1n) is 5.84. The number of pyridine rings is 1. The van der Waals surface area contributed by atoms with Gasteiger partial charge in [-0.3, -0.25) is 4.98 Å². The topological polar surface area (TPSA) is 45.2 Å². The zero-order valence-electron chi connectivity index (χ0n) is 9.80. The van der Waals surface area contributed by atoms with Gasteiger partial charge in [-0.15, -0.1) is 0 Å². The molecule has 1 aromatic heterocycles. The summed E-state index contributed by atoms with van der Waals surface area (Å²) < 4.78 is 37.0. The standard InChI is InChI=1S/C12H15F3N2O/c13-12(14,15)10-3-2-9(7-17-10)6-11(18)4-1-5-16-8-11/h2-3,7,16,18H,1,4-6,8H2. The Balaban J connectivity index is 2.06. The van der Waals surface area contributed by atoms with Crippen LogP contribution in [0.25, 0.3) is 0 Å². The molecule has 2 heterocycles. The largest absolute Gasteiger partial charge is 0.433 e. The Hall–Kier alpha value is -1.14. The van der Waals surface area contributed by atoms with E-state index in [0.29, 0.717) is 24.9 Å². The van der Waals surface area contributed by atoms with Gasteiger partial charge in [0, 0.05) is 19.2 Å². The second-order valence-electron chi connectivity index (χ2n) is 4.73. The van der Waals surface area contributed by atoms with Gasteiger partial charge in [-0.1, -0.05) is 6.07 Å². The summed E-state index contributed by atoms with van der Waals surface area (Å²) in [5, 5.41) is 13.3. The van der Waals surface area contributed by atoms with Crippen LogP contribution in [0.15, 0.2) is 18.3 Å². The summed E-state index contributed by atoms with van der Waals surface area (Å²) >= 11 is 0. The average molecular weight is 260 g/mol. The van der Waals surface area contributed by atoms with Crippen LogP contribution in [0.5, 0.6) is 0 Å². The summed E-state index contributed by atoms with van der Waals surface area (Å²) in [6.07, 6.45) is -1.38. The minimum Gasteiger partial charge on any atom is -0.388 e. The summed E-state index contributed by atoms with van der Waals surface area (Å²) in [6.45, 7) is 1.33. The van der Waals surface area contributed by atoms with E-state index in [2.05, 4.69) is 10.3 Å². The maximum Gasteiger partial charge on any atom is 0.433 e. The highest BCUT2D eigenvalue weighted by molar-refractivity contribution is 5.18. The molecule has 100 valence electrons. The third-order valence-electron chi connectivity index (χ3n) is 3.10. The minimum atomic E-state index is -4.41. The van der Waals surface area contributed by atoms with Crippen molar-refractivity contribution in [2.45, 2.75) is 31.0 Å². The van der Waals surface area contributed by atoms with E-state index in [1.807, 2.05) is 0 Å². The van der Waals surface area contributed by atoms with Crippen LogP contribution in [-0.2, 0) is 12.6 Å². The summed E-state index contributed by atoms with van der Waals surface area (Å²) in [7, 11) is 0.